The standard InChI is InChI=1S/C16H18N2OS/c19-16(13-10-17-11-13)18-14(15-7-4-8-20-15)9-12-5-2-1-3-6-12/h1-8,13-14,17H,9-11H2,(H,18,19). The Morgan fingerprint density at radius 3 is 2.65 bits per heavy atom. The molecule has 20 heavy (non-hydrogen) atoms. The first-order valence-corrected chi connectivity index (χ1v) is 7.79. The van der Waals surface area contributed by atoms with Crippen molar-refractivity contribution >= 4 is 17.2 Å². The van der Waals surface area contributed by atoms with E-state index in [4.69, 9.17) is 0 Å². The van der Waals surface area contributed by atoms with Gasteiger partial charge in [-0.1, -0.05) is 36.4 Å². The third-order valence-corrected chi connectivity index (χ3v) is 4.62. The molecule has 1 saturated heterocycles. The summed E-state index contributed by atoms with van der Waals surface area (Å²) in [6, 6.07) is 14.5. The van der Waals surface area contributed by atoms with Crippen molar-refractivity contribution in [2.45, 2.75) is 12.5 Å². The Morgan fingerprint density at radius 2 is 2.05 bits per heavy atom. The monoisotopic (exact) mass is 286 g/mol. The highest BCUT2D eigenvalue weighted by atomic mass is 32.1. The number of thiophene rings is 1. The van der Waals surface area contributed by atoms with E-state index in [0.29, 0.717) is 0 Å². The molecule has 0 radical (unpaired) electrons. The minimum atomic E-state index is 0.0745. The van der Waals surface area contributed by atoms with Crippen LogP contribution in [0.25, 0.3) is 0 Å². The maximum atomic E-state index is 12.2. The molecule has 1 unspecified atom stereocenters. The van der Waals surface area contributed by atoms with E-state index in [1.54, 1.807) is 11.3 Å². The predicted octanol–water partition coefficient (Wildman–Crippen LogP) is 2.37. The van der Waals surface area contributed by atoms with Gasteiger partial charge in [-0.15, -0.1) is 11.3 Å². The van der Waals surface area contributed by atoms with Crippen LogP contribution in [0.5, 0.6) is 0 Å². The molecule has 1 aromatic carbocycles. The lowest BCUT2D eigenvalue weighted by atomic mass is 10.00. The van der Waals surface area contributed by atoms with Crippen molar-refractivity contribution in [2.24, 2.45) is 5.92 Å². The van der Waals surface area contributed by atoms with E-state index in [0.717, 1.165) is 19.5 Å². The lowest BCUT2D eigenvalue weighted by Gasteiger charge is -2.28. The third kappa shape index (κ3) is 3.08. The number of rotatable bonds is 5. The van der Waals surface area contributed by atoms with Crippen LogP contribution in [-0.4, -0.2) is 19.0 Å². The van der Waals surface area contributed by atoms with Gasteiger partial charge in [0.05, 0.1) is 12.0 Å². The number of hydrogen-bond donors (Lipinski definition) is 2. The van der Waals surface area contributed by atoms with E-state index in [9.17, 15) is 4.79 Å². The van der Waals surface area contributed by atoms with Gasteiger partial charge in [0.15, 0.2) is 0 Å². The third-order valence-electron chi connectivity index (χ3n) is 3.64. The normalized spacial score (nSPS) is 16.4. The molecule has 104 valence electrons. The second-order valence-corrected chi connectivity index (χ2v) is 6.10. The van der Waals surface area contributed by atoms with Crippen LogP contribution in [0.15, 0.2) is 47.8 Å². The zero-order chi connectivity index (χ0) is 13.8. The van der Waals surface area contributed by atoms with E-state index in [-0.39, 0.29) is 17.9 Å². The zero-order valence-corrected chi connectivity index (χ0v) is 12.0. The largest absolute Gasteiger partial charge is 0.348 e. The number of nitrogens with one attached hydrogen (secondary N) is 2. The molecule has 1 aliphatic heterocycles. The van der Waals surface area contributed by atoms with Crippen molar-refractivity contribution in [3.63, 3.8) is 0 Å². The lowest BCUT2D eigenvalue weighted by molar-refractivity contribution is -0.127. The van der Waals surface area contributed by atoms with Crippen molar-refractivity contribution in [1.82, 2.24) is 10.6 Å². The van der Waals surface area contributed by atoms with Crippen LogP contribution >= 0.6 is 11.3 Å². The van der Waals surface area contributed by atoms with Crippen LogP contribution in [0.4, 0.5) is 0 Å². The van der Waals surface area contributed by atoms with Gasteiger partial charge in [0.1, 0.15) is 0 Å². The van der Waals surface area contributed by atoms with Gasteiger partial charge in [0.25, 0.3) is 0 Å². The van der Waals surface area contributed by atoms with Crippen LogP contribution < -0.4 is 10.6 Å². The van der Waals surface area contributed by atoms with Crippen molar-refractivity contribution < 1.29 is 4.79 Å². The van der Waals surface area contributed by atoms with Crippen LogP contribution in [0.1, 0.15) is 16.5 Å². The van der Waals surface area contributed by atoms with Gasteiger partial charge in [-0.25, -0.2) is 0 Å². The second kappa shape index (κ2) is 6.20. The van der Waals surface area contributed by atoms with Gasteiger partial charge in [0, 0.05) is 18.0 Å². The summed E-state index contributed by atoms with van der Waals surface area (Å²) in [7, 11) is 0. The maximum absolute atomic E-state index is 12.2. The molecule has 3 rings (SSSR count). The summed E-state index contributed by atoms with van der Waals surface area (Å²) < 4.78 is 0. The Hall–Kier alpha value is -1.65. The Labute approximate surface area is 123 Å². The number of carbonyl (C=O) groups excluding carboxylic acids is 1. The SMILES string of the molecule is O=C(NC(Cc1ccccc1)c1cccs1)C1CNC1. The summed E-state index contributed by atoms with van der Waals surface area (Å²) in [5.41, 5.74) is 1.25. The summed E-state index contributed by atoms with van der Waals surface area (Å²) >= 11 is 1.70. The fourth-order valence-corrected chi connectivity index (χ4v) is 3.10. The molecule has 0 saturated carbocycles. The first-order valence-electron chi connectivity index (χ1n) is 6.91. The lowest BCUT2D eigenvalue weighted by Crippen LogP contribution is -2.51. The molecule has 1 aromatic heterocycles. The molecule has 2 aromatic rings. The summed E-state index contributed by atoms with van der Waals surface area (Å²) in [6.07, 6.45) is 0.841. The molecular formula is C16H18N2OS. The van der Waals surface area contributed by atoms with Crippen LogP contribution in [0.2, 0.25) is 0 Å². The molecule has 0 aliphatic carbocycles. The fraction of sp³-hybridized carbons (Fsp3) is 0.312. The first-order chi connectivity index (χ1) is 9.83. The van der Waals surface area contributed by atoms with Gasteiger partial charge < -0.3 is 10.6 Å². The maximum Gasteiger partial charge on any atom is 0.226 e. The molecule has 2 N–H and O–H groups in total. The van der Waals surface area contributed by atoms with Crippen molar-refractivity contribution in [1.29, 1.82) is 0 Å². The Balaban J connectivity index is 1.72. The molecule has 1 atom stereocenters. The average molecular weight is 286 g/mol. The molecule has 1 aliphatic rings. The van der Waals surface area contributed by atoms with Crippen molar-refractivity contribution in [2.75, 3.05) is 13.1 Å². The summed E-state index contributed by atoms with van der Waals surface area (Å²) in [4.78, 5) is 13.4. The predicted molar refractivity (Wildman–Crippen MR) is 81.7 cm³/mol. The minimum Gasteiger partial charge on any atom is -0.348 e. The van der Waals surface area contributed by atoms with Gasteiger partial charge in [-0.3, -0.25) is 4.79 Å². The molecule has 1 amide bonds. The van der Waals surface area contributed by atoms with Gasteiger partial charge in [-0.05, 0) is 23.4 Å². The van der Waals surface area contributed by atoms with E-state index in [1.165, 1.54) is 10.4 Å². The highest BCUT2D eigenvalue weighted by Gasteiger charge is 2.27. The van der Waals surface area contributed by atoms with Gasteiger partial charge in [-0.2, -0.15) is 0 Å². The van der Waals surface area contributed by atoms with Crippen molar-refractivity contribution in [3.8, 4) is 0 Å². The number of hydrogen-bond acceptors (Lipinski definition) is 3. The van der Waals surface area contributed by atoms with Crippen LogP contribution in [-0.2, 0) is 11.2 Å². The Morgan fingerprint density at radius 1 is 1.25 bits per heavy atom. The zero-order valence-electron chi connectivity index (χ0n) is 11.2. The van der Waals surface area contributed by atoms with Gasteiger partial charge >= 0.3 is 0 Å². The Kier molecular flexibility index (Phi) is 4.14. The minimum absolute atomic E-state index is 0.0745. The number of carbonyl (C=O) groups is 1. The van der Waals surface area contributed by atoms with Crippen molar-refractivity contribution in [3.05, 3.63) is 58.3 Å². The number of amides is 1. The molecule has 0 spiro atoms. The molecule has 4 heteroatoms. The summed E-state index contributed by atoms with van der Waals surface area (Å²) in [5.74, 6) is 0.298. The Bertz CT molecular complexity index is 549. The summed E-state index contributed by atoms with van der Waals surface area (Å²) in [6.45, 7) is 1.60. The molecule has 3 nitrogen and oxygen atoms in total. The second-order valence-electron chi connectivity index (χ2n) is 5.12. The van der Waals surface area contributed by atoms with Crippen LogP contribution in [0.3, 0.4) is 0 Å². The first kappa shape index (κ1) is 13.3. The van der Waals surface area contributed by atoms with Crippen LogP contribution in [0, 0.1) is 5.92 Å². The highest BCUT2D eigenvalue weighted by Crippen LogP contribution is 2.23. The molecule has 1 fully saturated rings. The summed E-state index contributed by atoms with van der Waals surface area (Å²) in [5, 5.41) is 8.40. The van der Waals surface area contributed by atoms with Gasteiger partial charge in [0.2, 0.25) is 5.91 Å². The smallest absolute Gasteiger partial charge is 0.226 e. The average Bonchev–Trinajstić information content (AvgIpc) is 2.91. The molecular weight excluding hydrogens is 268 g/mol. The quantitative estimate of drug-likeness (QED) is 0.886. The van der Waals surface area contributed by atoms with E-state index < -0.39 is 0 Å². The molecule has 2 heterocycles. The fourth-order valence-electron chi connectivity index (χ4n) is 2.33. The molecule has 0 bridgehead atoms. The number of benzene rings is 1. The van der Waals surface area contributed by atoms with E-state index in [2.05, 4.69) is 34.2 Å². The topological polar surface area (TPSA) is 41.1 Å². The van der Waals surface area contributed by atoms with E-state index in [1.807, 2.05) is 24.3 Å². The highest BCUT2D eigenvalue weighted by molar-refractivity contribution is 7.10. The van der Waals surface area contributed by atoms with E-state index >= 15 is 0 Å².